The summed E-state index contributed by atoms with van der Waals surface area (Å²) in [5, 5.41) is 4.48. The minimum atomic E-state index is -0.162. The molecule has 7 heteroatoms. The van der Waals surface area contributed by atoms with Gasteiger partial charge in [-0.05, 0) is 79.3 Å². The molecule has 0 saturated heterocycles. The molecule has 3 aliphatic rings. The van der Waals surface area contributed by atoms with Crippen LogP contribution in [0.15, 0.2) is 58.4 Å². The third kappa shape index (κ3) is 3.69. The molecule has 4 unspecified atom stereocenters. The van der Waals surface area contributed by atoms with E-state index in [9.17, 15) is 9.59 Å². The van der Waals surface area contributed by atoms with Crippen molar-refractivity contribution in [2.75, 3.05) is 12.4 Å². The number of aromatic nitrogens is 1. The van der Waals surface area contributed by atoms with Crippen LogP contribution in [-0.2, 0) is 11.3 Å². The Balaban J connectivity index is 1.36. The van der Waals surface area contributed by atoms with Gasteiger partial charge in [-0.2, -0.15) is 0 Å². The molecule has 0 spiro atoms. The van der Waals surface area contributed by atoms with Gasteiger partial charge in [0.25, 0.3) is 0 Å². The first-order chi connectivity index (χ1) is 16.5. The maximum atomic E-state index is 13.2. The van der Waals surface area contributed by atoms with Crippen LogP contribution in [-0.4, -0.2) is 22.8 Å². The highest BCUT2D eigenvalue weighted by molar-refractivity contribution is 8.00. The van der Waals surface area contributed by atoms with Gasteiger partial charge in [-0.3, -0.25) is 14.2 Å². The van der Waals surface area contributed by atoms with Gasteiger partial charge in [-0.15, -0.1) is 11.8 Å². The summed E-state index contributed by atoms with van der Waals surface area (Å²) >= 11 is 3.20. The number of thioether (sulfide) groups is 1. The molecule has 34 heavy (non-hydrogen) atoms. The fourth-order valence-electron chi connectivity index (χ4n) is 6.34. The maximum absolute atomic E-state index is 13.2. The molecular formula is C27H28N2O3S2. The van der Waals surface area contributed by atoms with Gasteiger partial charge in [0, 0.05) is 21.7 Å². The normalized spacial score (nSPS) is 26.7. The highest BCUT2D eigenvalue weighted by atomic mass is 32.2. The Hall–Kier alpha value is -2.51. The molecule has 1 N–H and O–H groups in total. The summed E-state index contributed by atoms with van der Waals surface area (Å²) in [7, 11) is 1.68. The zero-order valence-electron chi connectivity index (χ0n) is 19.3. The van der Waals surface area contributed by atoms with E-state index in [1.807, 2.05) is 55.1 Å². The largest absolute Gasteiger partial charge is 0.497 e. The molecule has 2 aliphatic carbocycles. The molecule has 2 bridgehead atoms. The molecule has 0 radical (unpaired) electrons. The summed E-state index contributed by atoms with van der Waals surface area (Å²) in [4.78, 5) is 27.2. The number of hydrogen-bond donors (Lipinski definition) is 1. The zero-order chi connectivity index (χ0) is 23.4. The van der Waals surface area contributed by atoms with E-state index in [0.717, 1.165) is 32.8 Å². The van der Waals surface area contributed by atoms with Gasteiger partial charge in [0.1, 0.15) is 12.3 Å². The number of anilines is 1. The lowest BCUT2D eigenvalue weighted by molar-refractivity contribution is -0.116. The Morgan fingerprint density at radius 2 is 1.94 bits per heavy atom. The number of methoxy groups -OCH3 is 1. The van der Waals surface area contributed by atoms with Crippen molar-refractivity contribution in [3.63, 3.8) is 0 Å². The smallest absolute Gasteiger partial charge is 0.308 e. The van der Waals surface area contributed by atoms with E-state index < -0.39 is 0 Å². The Bertz CT molecular complexity index is 1300. The average molecular weight is 493 g/mol. The van der Waals surface area contributed by atoms with Crippen molar-refractivity contribution < 1.29 is 9.53 Å². The van der Waals surface area contributed by atoms with Crippen molar-refractivity contribution in [2.45, 2.75) is 48.9 Å². The van der Waals surface area contributed by atoms with Crippen LogP contribution in [0.5, 0.6) is 5.75 Å². The second-order valence-electron chi connectivity index (χ2n) is 9.79. The zero-order valence-corrected chi connectivity index (χ0v) is 21.0. The van der Waals surface area contributed by atoms with Crippen molar-refractivity contribution in [1.82, 2.24) is 4.57 Å². The number of hydrogen-bond acceptors (Lipinski definition) is 5. The number of nitrogens with zero attached hydrogens (tertiary/aromatic N) is 1. The first-order valence-electron chi connectivity index (χ1n) is 11.9. The molecule has 3 aromatic rings. The van der Waals surface area contributed by atoms with E-state index in [-0.39, 0.29) is 23.2 Å². The molecular weight excluding hydrogens is 464 g/mol. The Morgan fingerprint density at radius 3 is 2.71 bits per heavy atom. The number of nitrogens with one attached hydrogen (secondary N) is 1. The van der Waals surface area contributed by atoms with Crippen LogP contribution >= 0.6 is 23.1 Å². The number of thiazole rings is 1. The first-order valence-corrected chi connectivity index (χ1v) is 13.6. The third-order valence-corrected chi connectivity index (χ3v) is 10.6. The highest BCUT2D eigenvalue weighted by Gasteiger charge is 2.55. The second kappa shape index (κ2) is 8.61. The van der Waals surface area contributed by atoms with Gasteiger partial charge in [0.15, 0.2) is 0 Å². The number of aryl methyl sites for hydroxylation is 1. The first kappa shape index (κ1) is 22.0. The molecule has 5 nitrogen and oxygen atoms in total. The number of carbonyl (C=O) groups is 1. The minimum absolute atomic E-state index is 0.0391. The molecule has 176 valence electrons. The van der Waals surface area contributed by atoms with Gasteiger partial charge in [-0.1, -0.05) is 35.6 Å². The molecule has 1 aromatic heterocycles. The third-order valence-electron chi connectivity index (χ3n) is 7.77. The molecule has 1 amide bonds. The van der Waals surface area contributed by atoms with E-state index in [1.54, 1.807) is 11.7 Å². The Kier molecular flexibility index (Phi) is 5.57. The maximum Gasteiger partial charge on any atom is 0.308 e. The quantitative estimate of drug-likeness (QED) is 0.510. The molecule has 2 aromatic carbocycles. The van der Waals surface area contributed by atoms with E-state index >= 15 is 0 Å². The molecule has 2 fully saturated rings. The van der Waals surface area contributed by atoms with Crippen LogP contribution < -0.4 is 14.9 Å². The van der Waals surface area contributed by atoms with Crippen molar-refractivity contribution in [3.8, 4) is 5.75 Å². The Morgan fingerprint density at radius 1 is 1.15 bits per heavy atom. The molecule has 5 atom stereocenters. The lowest BCUT2D eigenvalue weighted by atomic mass is 9.75. The Labute approximate surface area is 207 Å². The summed E-state index contributed by atoms with van der Waals surface area (Å²) in [5.41, 5.74) is 3.10. The lowest BCUT2D eigenvalue weighted by Gasteiger charge is -2.40. The van der Waals surface area contributed by atoms with Crippen LogP contribution in [0.2, 0.25) is 0 Å². The van der Waals surface area contributed by atoms with Crippen LogP contribution in [0.4, 0.5) is 5.69 Å². The van der Waals surface area contributed by atoms with Gasteiger partial charge in [0.05, 0.1) is 12.1 Å². The predicted molar refractivity (Wildman–Crippen MR) is 137 cm³/mol. The van der Waals surface area contributed by atoms with Gasteiger partial charge in [-0.25, -0.2) is 0 Å². The standard InChI is InChI=1S/C27H28N2O3S2/c1-15-4-3-5-19(12-15)28-21(30)14-29-26-25(34-27(29)31)22(16-8-10-20(32-2)11-9-16)23-17-6-7-18(13-17)24(23)33-26/h3-5,8-12,17-18,22-24H,6-7,13-14H2,1-2H3,(H,28,30)/t17?,18?,22-,23?,24?/m0/s1. The fourth-order valence-corrected chi connectivity index (χ4v) is 9.49. The van der Waals surface area contributed by atoms with E-state index in [2.05, 4.69) is 17.4 Å². The van der Waals surface area contributed by atoms with Crippen LogP contribution in [0.25, 0.3) is 0 Å². The SMILES string of the molecule is COc1ccc([C@@H]2c3sc(=O)n(CC(=O)Nc4cccc(C)c4)c3SC3C4CCC(C4)C32)cc1. The van der Waals surface area contributed by atoms with E-state index in [4.69, 9.17) is 4.74 Å². The van der Waals surface area contributed by atoms with Crippen molar-refractivity contribution in [1.29, 1.82) is 0 Å². The van der Waals surface area contributed by atoms with Crippen LogP contribution in [0.1, 0.15) is 41.2 Å². The number of fused-ring (bicyclic) bond motifs is 6. The summed E-state index contributed by atoms with van der Waals surface area (Å²) in [6, 6.07) is 16.1. The number of ether oxygens (including phenoxy) is 1. The van der Waals surface area contributed by atoms with Gasteiger partial charge >= 0.3 is 4.87 Å². The fraction of sp³-hybridized carbons (Fsp3) is 0.407. The number of amides is 1. The van der Waals surface area contributed by atoms with Crippen LogP contribution in [0, 0.1) is 24.7 Å². The van der Waals surface area contributed by atoms with Crippen LogP contribution in [0.3, 0.4) is 0 Å². The number of carbonyl (C=O) groups excluding carboxylic acids is 1. The number of benzene rings is 2. The van der Waals surface area contributed by atoms with Crippen molar-refractivity contribution >= 4 is 34.7 Å². The summed E-state index contributed by atoms with van der Waals surface area (Å²) in [6.07, 6.45) is 3.87. The lowest BCUT2D eigenvalue weighted by Crippen LogP contribution is -2.34. The second-order valence-corrected chi connectivity index (χ2v) is 11.9. The monoisotopic (exact) mass is 492 g/mol. The van der Waals surface area contributed by atoms with E-state index in [1.165, 1.54) is 36.2 Å². The molecule has 1 aliphatic heterocycles. The summed E-state index contributed by atoms with van der Waals surface area (Å²) in [6.45, 7) is 2.05. The molecule has 2 saturated carbocycles. The minimum Gasteiger partial charge on any atom is -0.497 e. The predicted octanol–water partition coefficient (Wildman–Crippen LogP) is 5.52. The van der Waals surface area contributed by atoms with E-state index in [0.29, 0.717) is 17.1 Å². The van der Waals surface area contributed by atoms with Crippen molar-refractivity contribution in [2.24, 2.45) is 17.8 Å². The highest BCUT2D eigenvalue weighted by Crippen LogP contribution is 2.64. The average Bonchev–Trinajstić information content (AvgIpc) is 3.52. The molecule has 2 heterocycles. The summed E-state index contributed by atoms with van der Waals surface area (Å²) in [5.74, 6) is 2.87. The topological polar surface area (TPSA) is 60.3 Å². The number of rotatable bonds is 5. The van der Waals surface area contributed by atoms with Gasteiger partial charge in [0.2, 0.25) is 5.91 Å². The summed E-state index contributed by atoms with van der Waals surface area (Å²) < 4.78 is 7.10. The van der Waals surface area contributed by atoms with Gasteiger partial charge < -0.3 is 10.1 Å². The van der Waals surface area contributed by atoms with Crippen molar-refractivity contribution in [3.05, 3.63) is 74.2 Å². The molecule has 6 rings (SSSR count).